The van der Waals surface area contributed by atoms with Crippen molar-refractivity contribution in [2.75, 3.05) is 44.2 Å². The van der Waals surface area contributed by atoms with E-state index in [0.29, 0.717) is 19.0 Å². The molecule has 0 N–H and O–H groups in total. The molecule has 2 saturated heterocycles. The summed E-state index contributed by atoms with van der Waals surface area (Å²) in [6.45, 7) is 6.06. The fraction of sp³-hybridized carbons (Fsp3) is 0.550. The maximum absolute atomic E-state index is 13.1. The number of likely N-dealkylation sites (tertiary alicyclic amines) is 1. The van der Waals surface area contributed by atoms with Crippen molar-refractivity contribution in [1.82, 2.24) is 24.6 Å². The third-order valence-electron chi connectivity index (χ3n) is 5.79. The largest absolute Gasteiger partial charge is 0.369 e. The second kappa shape index (κ2) is 8.68. The van der Waals surface area contributed by atoms with Gasteiger partial charge in [-0.05, 0) is 37.1 Å². The van der Waals surface area contributed by atoms with Crippen molar-refractivity contribution in [3.63, 3.8) is 0 Å². The van der Waals surface area contributed by atoms with Crippen LogP contribution in [0.1, 0.15) is 19.3 Å². The molecule has 1 amide bonds. The topological polar surface area (TPSA) is 57.5 Å². The van der Waals surface area contributed by atoms with Crippen LogP contribution in [-0.2, 0) is 11.3 Å². The number of rotatable bonds is 5. The van der Waals surface area contributed by atoms with Crippen LogP contribution in [0.3, 0.4) is 0 Å². The molecule has 2 fully saturated rings. The molecule has 2 aliphatic heterocycles. The number of aromatic nitrogens is 3. The second-order valence-electron chi connectivity index (χ2n) is 7.54. The van der Waals surface area contributed by atoms with Crippen LogP contribution in [0.15, 0.2) is 36.9 Å². The summed E-state index contributed by atoms with van der Waals surface area (Å²) in [5.74, 6) is 0.00307. The van der Waals surface area contributed by atoms with Gasteiger partial charge in [-0.3, -0.25) is 14.4 Å². The van der Waals surface area contributed by atoms with E-state index >= 15 is 0 Å². The fourth-order valence-electron chi connectivity index (χ4n) is 4.19. The van der Waals surface area contributed by atoms with Crippen LogP contribution in [0, 0.1) is 5.82 Å². The summed E-state index contributed by atoms with van der Waals surface area (Å²) in [6.07, 6.45) is 5.80. The maximum atomic E-state index is 13.1. The van der Waals surface area contributed by atoms with Gasteiger partial charge in [0.2, 0.25) is 5.91 Å². The van der Waals surface area contributed by atoms with Crippen LogP contribution >= 0.6 is 0 Å². The van der Waals surface area contributed by atoms with Crippen LogP contribution in [0.2, 0.25) is 0 Å². The van der Waals surface area contributed by atoms with Gasteiger partial charge in [0.05, 0.1) is 6.54 Å². The molecule has 150 valence electrons. The van der Waals surface area contributed by atoms with Crippen molar-refractivity contribution in [2.45, 2.75) is 31.8 Å². The zero-order chi connectivity index (χ0) is 19.3. The Morgan fingerprint density at radius 3 is 2.61 bits per heavy atom. The maximum Gasteiger partial charge on any atom is 0.224 e. The minimum Gasteiger partial charge on any atom is -0.369 e. The predicted octanol–water partition coefficient (Wildman–Crippen LogP) is 1.62. The lowest BCUT2D eigenvalue weighted by Gasteiger charge is -2.44. The van der Waals surface area contributed by atoms with Crippen molar-refractivity contribution in [2.24, 2.45) is 0 Å². The number of piperazine rings is 1. The standard InChI is InChI=1S/C20H27FN6O/c21-17-3-5-18(6-4-17)24-10-12-25(13-11-24)19-2-1-8-26(14-19)20(28)7-9-27-16-22-15-23-27/h3-6,15-16,19H,1-2,7-14H2/t19-/m0/s1. The van der Waals surface area contributed by atoms with Crippen molar-refractivity contribution < 1.29 is 9.18 Å². The molecule has 2 aliphatic rings. The summed E-state index contributed by atoms with van der Waals surface area (Å²) in [6, 6.07) is 7.17. The van der Waals surface area contributed by atoms with Crippen molar-refractivity contribution >= 4 is 11.6 Å². The van der Waals surface area contributed by atoms with E-state index in [2.05, 4.69) is 19.9 Å². The highest BCUT2D eigenvalue weighted by Crippen LogP contribution is 2.21. The number of amides is 1. The zero-order valence-electron chi connectivity index (χ0n) is 16.1. The molecule has 1 aromatic heterocycles. The molecule has 2 aromatic rings. The molecule has 3 heterocycles. The summed E-state index contributed by atoms with van der Waals surface area (Å²) in [5, 5.41) is 4.06. The number of carbonyl (C=O) groups is 1. The third kappa shape index (κ3) is 4.49. The molecule has 0 saturated carbocycles. The summed E-state index contributed by atoms with van der Waals surface area (Å²) < 4.78 is 14.8. The van der Waals surface area contributed by atoms with Crippen molar-refractivity contribution in [1.29, 1.82) is 0 Å². The van der Waals surface area contributed by atoms with Gasteiger partial charge < -0.3 is 9.80 Å². The Morgan fingerprint density at radius 1 is 1.11 bits per heavy atom. The van der Waals surface area contributed by atoms with Gasteiger partial charge in [0.25, 0.3) is 0 Å². The summed E-state index contributed by atoms with van der Waals surface area (Å²) >= 11 is 0. The number of carbonyl (C=O) groups excluding carboxylic acids is 1. The predicted molar refractivity (Wildman–Crippen MR) is 104 cm³/mol. The highest BCUT2D eigenvalue weighted by atomic mass is 19.1. The SMILES string of the molecule is O=C(CCn1cncn1)N1CCC[C@H](N2CCN(c3ccc(F)cc3)CC2)C1. The van der Waals surface area contributed by atoms with Crippen molar-refractivity contribution in [3.05, 3.63) is 42.7 Å². The number of aryl methyl sites for hydroxylation is 1. The van der Waals surface area contributed by atoms with Crippen LogP contribution in [-0.4, -0.2) is 75.8 Å². The smallest absolute Gasteiger partial charge is 0.224 e. The first-order chi connectivity index (χ1) is 13.7. The Labute approximate surface area is 164 Å². The average Bonchev–Trinajstić information content (AvgIpc) is 3.26. The first-order valence-corrected chi connectivity index (χ1v) is 10.0. The van der Waals surface area contributed by atoms with Gasteiger partial charge in [-0.15, -0.1) is 0 Å². The molecule has 4 rings (SSSR count). The van der Waals surface area contributed by atoms with E-state index in [0.717, 1.165) is 57.8 Å². The van der Waals surface area contributed by atoms with Crippen LogP contribution in [0.25, 0.3) is 0 Å². The van der Waals surface area contributed by atoms with Gasteiger partial charge >= 0.3 is 0 Å². The summed E-state index contributed by atoms with van der Waals surface area (Å²) in [5.41, 5.74) is 1.08. The number of nitrogens with zero attached hydrogens (tertiary/aromatic N) is 6. The van der Waals surface area contributed by atoms with Gasteiger partial charge in [-0.2, -0.15) is 5.10 Å². The van der Waals surface area contributed by atoms with E-state index in [1.54, 1.807) is 11.0 Å². The number of hydrogen-bond acceptors (Lipinski definition) is 5. The van der Waals surface area contributed by atoms with Crippen LogP contribution in [0.5, 0.6) is 0 Å². The molecule has 0 unspecified atom stereocenters. The quantitative estimate of drug-likeness (QED) is 0.782. The lowest BCUT2D eigenvalue weighted by molar-refractivity contribution is -0.133. The van der Waals surface area contributed by atoms with Gasteiger partial charge in [0, 0.05) is 57.4 Å². The van der Waals surface area contributed by atoms with Gasteiger partial charge in [-0.1, -0.05) is 0 Å². The van der Waals surface area contributed by atoms with E-state index in [1.165, 1.54) is 18.5 Å². The molecule has 0 radical (unpaired) electrons. The average molecular weight is 386 g/mol. The zero-order valence-corrected chi connectivity index (χ0v) is 16.1. The number of anilines is 1. The minimum absolute atomic E-state index is 0.196. The van der Waals surface area contributed by atoms with Crippen molar-refractivity contribution in [3.8, 4) is 0 Å². The number of halogens is 1. The Balaban J connectivity index is 1.26. The third-order valence-corrected chi connectivity index (χ3v) is 5.79. The molecule has 1 aromatic carbocycles. The Bertz CT molecular complexity index is 758. The molecule has 8 heteroatoms. The first kappa shape index (κ1) is 18.9. The Hall–Kier alpha value is -2.48. The highest BCUT2D eigenvalue weighted by molar-refractivity contribution is 5.76. The number of benzene rings is 1. The molecule has 0 aliphatic carbocycles. The van der Waals surface area contributed by atoms with Gasteiger partial charge in [-0.25, -0.2) is 9.37 Å². The summed E-state index contributed by atoms with van der Waals surface area (Å²) in [7, 11) is 0. The van der Waals surface area contributed by atoms with Gasteiger partial charge in [0.1, 0.15) is 18.5 Å². The molecule has 0 bridgehead atoms. The first-order valence-electron chi connectivity index (χ1n) is 10.0. The monoisotopic (exact) mass is 386 g/mol. The lowest BCUT2D eigenvalue weighted by atomic mass is 10.0. The van der Waals surface area contributed by atoms with E-state index < -0.39 is 0 Å². The lowest BCUT2D eigenvalue weighted by Crippen LogP contribution is -2.56. The van der Waals surface area contributed by atoms with Gasteiger partial charge in [0.15, 0.2) is 0 Å². The Morgan fingerprint density at radius 2 is 1.89 bits per heavy atom. The molecule has 1 atom stereocenters. The fourth-order valence-corrected chi connectivity index (χ4v) is 4.19. The van der Waals surface area contributed by atoms with E-state index in [-0.39, 0.29) is 11.7 Å². The molecular weight excluding hydrogens is 359 g/mol. The Kier molecular flexibility index (Phi) is 5.85. The van der Waals surface area contributed by atoms with E-state index in [4.69, 9.17) is 0 Å². The second-order valence-corrected chi connectivity index (χ2v) is 7.54. The molecule has 28 heavy (non-hydrogen) atoms. The molecular formula is C20H27FN6O. The highest BCUT2D eigenvalue weighted by Gasteiger charge is 2.29. The molecule has 0 spiro atoms. The number of hydrogen-bond donors (Lipinski definition) is 0. The molecule has 7 nitrogen and oxygen atoms in total. The minimum atomic E-state index is -0.196. The normalized spacial score (nSPS) is 21.1. The van der Waals surface area contributed by atoms with E-state index in [1.807, 2.05) is 17.0 Å². The van der Waals surface area contributed by atoms with Crippen LogP contribution in [0.4, 0.5) is 10.1 Å². The van der Waals surface area contributed by atoms with E-state index in [9.17, 15) is 9.18 Å². The number of piperidine rings is 1. The summed E-state index contributed by atoms with van der Waals surface area (Å²) in [4.78, 5) is 23.3. The van der Waals surface area contributed by atoms with Crippen LogP contribution < -0.4 is 4.90 Å².